The van der Waals surface area contributed by atoms with Gasteiger partial charge in [0.1, 0.15) is 8.07 Å². The van der Waals surface area contributed by atoms with Crippen molar-refractivity contribution in [3.63, 3.8) is 0 Å². The number of aromatic nitrogens is 3. The molecule has 3 aromatic heterocycles. The second-order valence-corrected chi connectivity index (χ2v) is 12.6. The van der Waals surface area contributed by atoms with E-state index < -0.39 is 8.07 Å². The second-order valence-electron chi connectivity index (χ2n) is 7.59. The molecule has 0 aliphatic carbocycles. The first-order valence-corrected chi connectivity index (χ1v) is 12.1. The summed E-state index contributed by atoms with van der Waals surface area (Å²) in [7, 11) is 0.176. The van der Waals surface area contributed by atoms with E-state index in [0.29, 0.717) is 11.1 Å². The van der Waals surface area contributed by atoms with Crippen molar-refractivity contribution in [2.75, 3.05) is 0 Å². The number of benzene rings is 1. The lowest BCUT2D eigenvalue weighted by molar-refractivity contribution is -0.576. The number of rotatable bonds is 3. The third-order valence-electron chi connectivity index (χ3n) is 4.51. The molecule has 6 heteroatoms. The number of hydrogen-bond donors (Lipinski definition) is 0. The van der Waals surface area contributed by atoms with E-state index in [1.54, 1.807) is 17.1 Å². The first-order valence-electron chi connectivity index (χ1n) is 8.59. The van der Waals surface area contributed by atoms with Crippen LogP contribution < -0.4 is 10.1 Å². The molecule has 0 saturated heterocycles. The molecule has 0 atom stereocenters. The van der Waals surface area contributed by atoms with Crippen LogP contribution in [0.25, 0.3) is 33.4 Å². The number of pyridine rings is 1. The molecule has 4 aromatic rings. The third kappa shape index (κ3) is 2.72. The van der Waals surface area contributed by atoms with Crippen molar-refractivity contribution in [1.82, 2.24) is 9.78 Å². The van der Waals surface area contributed by atoms with Gasteiger partial charge >= 0.3 is 0 Å². The van der Waals surface area contributed by atoms with Gasteiger partial charge in [-0.1, -0.05) is 50.0 Å². The highest BCUT2D eigenvalue weighted by atomic mass is 28.3. The van der Waals surface area contributed by atoms with Gasteiger partial charge in [0.15, 0.2) is 6.20 Å². The Morgan fingerprint density at radius 2 is 1.85 bits per heavy atom. The van der Waals surface area contributed by atoms with Gasteiger partial charge in [-0.25, -0.2) is 0 Å². The van der Waals surface area contributed by atoms with Crippen LogP contribution >= 0.6 is 0 Å². The molecule has 0 amide bonds. The van der Waals surface area contributed by atoms with Crippen LogP contribution in [0.1, 0.15) is 0 Å². The van der Waals surface area contributed by atoms with E-state index in [1.807, 2.05) is 49.6 Å². The first-order chi connectivity index (χ1) is 12.3. The zero-order chi connectivity index (χ0) is 18.5. The van der Waals surface area contributed by atoms with Crippen LogP contribution in [0.4, 0.5) is 0 Å². The number of fused-ring (bicyclic) bond motifs is 1. The third-order valence-corrected chi connectivity index (χ3v) is 6.23. The molecule has 0 radical (unpaired) electrons. The molecule has 26 heavy (non-hydrogen) atoms. The Hall–Kier alpha value is -2.86. The van der Waals surface area contributed by atoms with Crippen molar-refractivity contribution < 1.29 is 9.15 Å². The molecule has 3 heterocycles. The van der Waals surface area contributed by atoms with Gasteiger partial charge in [-0.3, -0.25) is 4.68 Å². The van der Waals surface area contributed by atoms with Crippen molar-refractivity contribution in [3.8, 4) is 22.3 Å². The standard InChI is InChI=1S/C20H21N3O2Si/c1-22-12-15(11-21-22)16-13-23(24)17-10-18(26(2,3)4)25-20(17)19(16)14-8-6-5-7-9-14/h5-13H,1-4H3. The topological polar surface area (TPSA) is 57.9 Å². The highest BCUT2D eigenvalue weighted by Crippen LogP contribution is 2.36. The van der Waals surface area contributed by atoms with E-state index in [2.05, 4.69) is 24.7 Å². The molecule has 4 rings (SSSR count). The summed E-state index contributed by atoms with van der Waals surface area (Å²) < 4.78 is 8.93. The Kier molecular flexibility index (Phi) is 3.73. The molecule has 0 aliphatic heterocycles. The van der Waals surface area contributed by atoms with Crippen molar-refractivity contribution in [2.24, 2.45) is 7.05 Å². The summed E-state index contributed by atoms with van der Waals surface area (Å²) in [5.41, 5.74) is 4.89. The Labute approximate surface area is 153 Å². The smallest absolute Gasteiger partial charge is 0.263 e. The summed E-state index contributed by atoms with van der Waals surface area (Å²) in [6.45, 7) is 6.64. The predicted molar refractivity (Wildman–Crippen MR) is 106 cm³/mol. The minimum absolute atomic E-state index is 0.578. The summed E-state index contributed by atoms with van der Waals surface area (Å²) in [4.78, 5) is 0. The minimum atomic E-state index is -1.69. The van der Waals surface area contributed by atoms with E-state index in [0.717, 1.165) is 32.4 Å². The molecule has 5 nitrogen and oxygen atoms in total. The molecule has 0 fully saturated rings. The molecular formula is C20H21N3O2Si. The van der Waals surface area contributed by atoms with Crippen LogP contribution in [0.5, 0.6) is 0 Å². The Morgan fingerprint density at radius 3 is 2.46 bits per heavy atom. The average molecular weight is 363 g/mol. The lowest BCUT2D eigenvalue weighted by Gasteiger charge is -2.11. The van der Waals surface area contributed by atoms with Crippen LogP contribution in [0, 0.1) is 5.21 Å². The van der Waals surface area contributed by atoms with Gasteiger partial charge in [-0.2, -0.15) is 9.83 Å². The van der Waals surface area contributed by atoms with E-state index in [9.17, 15) is 5.21 Å². The van der Waals surface area contributed by atoms with Gasteiger partial charge in [0, 0.05) is 30.4 Å². The summed E-state index contributed by atoms with van der Waals surface area (Å²) in [5.74, 6) is 0. The van der Waals surface area contributed by atoms with E-state index in [1.165, 1.54) is 0 Å². The van der Waals surface area contributed by atoms with E-state index >= 15 is 0 Å². The van der Waals surface area contributed by atoms with Crippen molar-refractivity contribution in [2.45, 2.75) is 19.6 Å². The molecule has 0 N–H and O–H groups in total. The zero-order valence-electron chi connectivity index (χ0n) is 15.4. The van der Waals surface area contributed by atoms with Crippen LogP contribution in [0.15, 0.2) is 59.4 Å². The van der Waals surface area contributed by atoms with Gasteiger partial charge in [-0.15, -0.1) is 0 Å². The number of hydrogen-bond acceptors (Lipinski definition) is 3. The zero-order valence-corrected chi connectivity index (χ0v) is 16.4. The van der Waals surface area contributed by atoms with Gasteiger partial charge < -0.3 is 9.62 Å². The second kappa shape index (κ2) is 5.84. The average Bonchev–Trinajstić information content (AvgIpc) is 3.22. The Morgan fingerprint density at radius 1 is 1.12 bits per heavy atom. The number of nitrogens with zero attached hydrogens (tertiary/aromatic N) is 3. The molecule has 0 unspecified atom stereocenters. The maximum Gasteiger partial charge on any atom is 0.263 e. The fourth-order valence-electron chi connectivity index (χ4n) is 3.14. The van der Waals surface area contributed by atoms with Gasteiger partial charge in [0.2, 0.25) is 5.58 Å². The van der Waals surface area contributed by atoms with E-state index in [-0.39, 0.29) is 0 Å². The molecule has 1 aromatic carbocycles. The SMILES string of the molecule is Cn1cc(-c2c[n+]([O-])c3cc([Si](C)(C)C)oc3c2-c2ccccc2)cn1. The van der Waals surface area contributed by atoms with Crippen LogP contribution in [-0.2, 0) is 7.05 Å². The van der Waals surface area contributed by atoms with Gasteiger partial charge in [0.05, 0.1) is 17.1 Å². The molecule has 0 aliphatic rings. The lowest BCUT2D eigenvalue weighted by atomic mass is 9.97. The van der Waals surface area contributed by atoms with Crippen LogP contribution in [0.3, 0.4) is 0 Å². The molecule has 0 spiro atoms. The summed E-state index contributed by atoms with van der Waals surface area (Å²) in [5, 5.41) is 17.9. The van der Waals surface area contributed by atoms with Gasteiger partial charge in [-0.05, 0) is 5.56 Å². The molecular weight excluding hydrogens is 342 g/mol. The van der Waals surface area contributed by atoms with Crippen molar-refractivity contribution in [3.05, 3.63) is 60.2 Å². The highest BCUT2D eigenvalue weighted by molar-refractivity contribution is 6.87. The molecule has 0 saturated carbocycles. The summed E-state index contributed by atoms with van der Waals surface area (Å²) >= 11 is 0. The molecule has 0 bridgehead atoms. The van der Waals surface area contributed by atoms with Crippen LogP contribution in [0.2, 0.25) is 19.6 Å². The predicted octanol–water partition coefficient (Wildman–Crippen LogP) is 3.68. The minimum Gasteiger partial charge on any atom is -0.618 e. The number of furan rings is 1. The quantitative estimate of drug-likeness (QED) is 0.317. The van der Waals surface area contributed by atoms with E-state index in [4.69, 9.17) is 4.42 Å². The van der Waals surface area contributed by atoms with Crippen molar-refractivity contribution in [1.29, 1.82) is 0 Å². The first kappa shape index (κ1) is 16.6. The highest BCUT2D eigenvalue weighted by Gasteiger charge is 2.28. The monoisotopic (exact) mass is 363 g/mol. The summed E-state index contributed by atoms with van der Waals surface area (Å²) in [6.07, 6.45) is 5.32. The van der Waals surface area contributed by atoms with Gasteiger partial charge in [0.25, 0.3) is 5.52 Å². The fourth-order valence-corrected chi connectivity index (χ4v) is 4.12. The lowest BCUT2D eigenvalue weighted by Crippen LogP contribution is -2.36. The number of aryl methyl sites for hydroxylation is 1. The molecule has 132 valence electrons. The fraction of sp³-hybridized carbons (Fsp3) is 0.200. The normalized spacial score (nSPS) is 12.0. The Balaban J connectivity index is 2.11. The summed E-state index contributed by atoms with van der Waals surface area (Å²) in [6, 6.07) is 12.0. The maximum atomic E-state index is 12.7. The largest absolute Gasteiger partial charge is 0.618 e. The van der Waals surface area contributed by atoms with Crippen LogP contribution in [-0.4, -0.2) is 17.9 Å². The maximum absolute atomic E-state index is 12.7. The Bertz CT molecular complexity index is 1090. The van der Waals surface area contributed by atoms with Crippen molar-refractivity contribution >= 4 is 24.6 Å².